The van der Waals surface area contributed by atoms with Gasteiger partial charge in [-0.1, -0.05) is 36.4 Å². The summed E-state index contributed by atoms with van der Waals surface area (Å²) in [7, 11) is 0. The van der Waals surface area contributed by atoms with Gasteiger partial charge in [0.25, 0.3) is 0 Å². The molecule has 0 atom stereocenters. The first-order chi connectivity index (χ1) is 12.5. The van der Waals surface area contributed by atoms with Crippen LogP contribution in [0.15, 0.2) is 60.7 Å². The van der Waals surface area contributed by atoms with Crippen LogP contribution in [-0.4, -0.2) is 26.9 Å². The number of amides is 1. The molecule has 132 valence electrons. The first-order valence-electron chi connectivity index (χ1n) is 7.91. The number of rotatable bonds is 5. The van der Waals surface area contributed by atoms with Gasteiger partial charge in [-0.3, -0.25) is 5.32 Å². The van der Waals surface area contributed by atoms with Crippen LogP contribution in [0.25, 0.3) is 5.69 Å². The van der Waals surface area contributed by atoms with Gasteiger partial charge in [0.2, 0.25) is 0 Å². The predicted octanol–water partition coefficient (Wildman–Crippen LogP) is 3.63. The maximum absolute atomic E-state index is 12.0. The first-order valence-corrected chi connectivity index (χ1v) is 7.91. The van der Waals surface area contributed by atoms with Gasteiger partial charge >= 0.3 is 12.1 Å². The predicted molar refractivity (Wildman–Crippen MR) is 95.5 cm³/mol. The first kappa shape index (κ1) is 17.2. The van der Waals surface area contributed by atoms with E-state index in [1.807, 2.05) is 30.3 Å². The molecule has 0 bridgehead atoms. The van der Waals surface area contributed by atoms with Crippen molar-refractivity contribution in [3.05, 3.63) is 77.6 Å². The van der Waals surface area contributed by atoms with Crippen LogP contribution in [0.5, 0.6) is 0 Å². The molecule has 2 aromatic carbocycles. The monoisotopic (exact) mass is 351 g/mol. The minimum absolute atomic E-state index is 0.0475. The summed E-state index contributed by atoms with van der Waals surface area (Å²) in [6, 6.07) is 17.5. The molecule has 2 N–H and O–H groups in total. The van der Waals surface area contributed by atoms with Gasteiger partial charge in [0.05, 0.1) is 11.4 Å². The van der Waals surface area contributed by atoms with Crippen molar-refractivity contribution in [3.63, 3.8) is 0 Å². The minimum atomic E-state index is -1.08. The van der Waals surface area contributed by atoms with E-state index in [4.69, 9.17) is 4.74 Å². The molecule has 1 heterocycles. The third-order valence-corrected chi connectivity index (χ3v) is 3.60. The highest BCUT2D eigenvalue weighted by molar-refractivity contribution is 5.87. The Morgan fingerprint density at radius 3 is 2.62 bits per heavy atom. The number of benzene rings is 2. The molecule has 3 rings (SSSR count). The topological polar surface area (TPSA) is 93.5 Å². The third kappa shape index (κ3) is 4.07. The van der Waals surface area contributed by atoms with E-state index in [0.29, 0.717) is 17.1 Å². The number of hydrogen-bond donors (Lipinski definition) is 2. The minimum Gasteiger partial charge on any atom is -0.477 e. The summed E-state index contributed by atoms with van der Waals surface area (Å²) < 4.78 is 6.49. The Labute approximate surface area is 149 Å². The van der Waals surface area contributed by atoms with E-state index in [1.54, 1.807) is 31.2 Å². The van der Waals surface area contributed by atoms with Crippen LogP contribution in [-0.2, 0) is 11.3 Å². The van der Waals surface area contributed by atoms with Crippen molar-refractivity contribution in [1.82, 2.24) is 9.78 Å². The molecule has 0 fully saturated rings. The molecule has 0 saturated heterocycles. The summed E-state index contributed by atoms with van der Waals surface area (Å²) in [4.78, 5) is 23.3. The van der Waals surface area contributed by atoms with Crippen LogP contribution >= 0.6 is 0 Å². The number of aryl methyl sites for hydroxylation is 1. The van der Waals surface area contributed by atoms with Crippen LogP contribution in [0.2, 0.25) is 0 Å². The van der Waals surface area contributed by atoms with Crippen molar-refractivity contribution in [2.75, 3.05) is 5.32 Å². The van der Waals surface area contributed by atoms with Crippen LogP contribution in [0.4, 0.5) is 10.5 Å². The van der Waals surface area contributed by atoms with Crippen LogP contribution in [0, 0.1) is 6.92 Å². The summed E-state index contributed by atoms with van der Waals surface area (Å²) in [6.07, 6.45) is -0.596. The van der Waals surface area contributed by atoms with Gasteiger partial charge in [-0.15, -0.1) is 0 Å². The fourth-order valence-electron chi connectivity index (χ4n) is 2.44. The average Bonchev–Trinajstić information content (AvgIpc) is 3.03. The van der Waals surface area contributed by atoms with Gasteiger partial charge in [-0.25, -0.2) is 14.3 Å². The van der Waals surface area contributed by atoms with E-state index in [0.717, 1.165) is 5.56 Å². The van der Waals surface area contributed by atoms with Gasteiger partial charge in [0.15, 0.2) is 5.69 Å². The molecular formula is C19H17N3O4. The van der Waals surface area contributed by atoms with Gasteiger partial charge in [-0.2, -0.15) is 5.10 Å². The number of hydrogen-bond acceptors (Lipinski definition) is 4. The lowest BCUT2D eigenvalue weighted by molar-refractivity contribution is 0.0687. The number of carboxylic acid groups (broad SMARTS) is 1. The van der Waals surface area contributed by atoms with E-state index in [-0.39, 0.29) is 12.3 Å². The normalized spacial score (nSPS) is 10.3. The average molecular weight is 351 g/mol. The zero-order valence-electron chi connectivity index (χ0n) is 14.0. The number of aromatic nitrogens is 2. The smallest absolute Gasteiger partial charge is 0.411 e. The number of carbonyl (C=O) groups excluding carboxylic acids is 1. The second-order valence-electron chi connectivity index (χ2n) is 5.62. The van der Waals surface area contributed by atoms with Crippen molar-refractivity contribution in [1.29, 1.82) is 0 Å². The largest absolute Gasteiger partial charge is 0.477 e. The van der Waals surface area contributed by atoms with Crippen molar-refractivity contribution in [2.45, 2.75) is 13.5 Å². The third-order valence-electron chi connectivity index (χ3n) is 3.60. The lowest BCUT2D eigenvalue weighted by atomic mass is 10.2. The Morgan fingerprint density at radius 2 is 1.88 bits per heavy atom. The van der Waals surface area contributed by atoms with E-state index in [9.17, 15) is 14.7 Å². The van der Waals surface area contributed by atoms with Crippen molar-refractivity contribution in [3.8, 4) is 5.69 Å². The Hall–Kier alpha value is -3.61. The fourth-order valence-corrected chi connectivity index (χ4v) is 2.44. The van der Waals surface area contributed by atoms with Crippen LogP contribution in [0.1, 0.15) is 21.7 Å². The molecular weight excluding hydrogens is 334 g/mol. The highest BCUT2D eigenvalue weighted by atomic mass is 16.5. The molecule has 0 aliphatic carbocycles. The fraction of sp³-hybridized carbons (Fsp3) is 0.105. The number of carboxylic acids is 1. The summed E-state index contributed by atoms with van der Waals surface area (Å²) in [5.41, 5.74) is 2.52. The second kappa shape index (κ2) is 7.52. The van der Waals surface area contributed by atoms with Gasteiger partial charge in [0, 0.05) is 5.69 Å². The Balaban J connectivity index is 1.71. The van der Waals surface area contributed by atoms with Gasteiger partial charge in [-0.05, 0) is 36.8 Å². The van der Waals surface area contributed by atoms with Crippen LogP contribution < -0.4 is 5.32 Å². The summed E-state index contributed by atoms with van der Waals surface area (Å²) >= 11 is 0. The van der Waals surface area contributed by atoms with Crippen molar-refractivity contribution in [2.24, 2.45) is 0 Å². The van der Waals surface area contributed by atoms with E-state index in [2.05, 4.69) is 10.4 Å². The number of carbonyl (C=O) groups is 2. The Kier molecular flexibility index (Phi) is 4.98. The number of ether oxygens (including phenoxy) is 1. The van der Waals surface area contributed by atoms with Crippen molar-refractivity contribution >= 4 is 17.7 Å². The van der Waals surface area contributed by atoms with E-state index in [1.165, 1.54) is 10.7 Å². The molecule has 7 heteroatoms. The quantitative estimate of drug-likeness (QED) is 0.732. The molecule has 3 aromatic rings. The maximum Gasteiger partial charge on any atom is 0.411 e. The highest BCUT2D eigenvalue weighted by Gasteiger charge is 2.14. The van der Waals surface area contributed by atoms with E-state index >= 15 is 0 Å². The molecule has 0 saturated carbocycles. The molecule has 0 spiro atoms. The van der Waals surface area contributed by atoms with Crippen LogP contribution in [0.3, 0.4) is 0 Å². The molecule has 1 amide bonds. The Bertz CT molecular complexity index is 935. The summed E-state index contributed by atoms with van der Waals surface area (Å²) in [5, 5.41) is 16.1. The number of nitrogens with zero attached hydrogens (tertiary/aromatic N) is 2. The highest BCUT2D eigenvalue weighted by Crippen LogP contribution is 2.17. The zero-order valence-corrected chi connectivity index (χ0v) is 14.0. The lowest BCUT2D eigenvalue weighted by Crippen LogP contribution is -2.14. The lowest BCUT2D eigenvalue weighted by Gasteiger charge is -2.09. The Morgan fingerprint density at radius 1 is 1.12 bits per heavy atom. The maximum atomic E-state index is 12.0. The molecule has 7 nitrogen and oxygen atoms in total. The number of aromatic carboxylic acids is 1. The summed E-state index contributed by atoms with van der Waals surface area (Å²) in [6.45, 7) is 1.87. The molecule has 0 radical (unpaired) electrons. The molecule has 26 heavy (non-hydrogen) atoms. The second-order valence-corrected chi connectivity index (χ2v) is 5.62. The zero-order chi connectivity index (χ0) is 18.5. The molecule has 0 aliphatic heterocycles. The number of anilines is 1. The molecule has 1 aromatic heterocycles. The van der Waals surface area contributed by atoms with Gasteiger partial charge in [0.1, 0.15) is 6.61 Å². The summed E-state index contributed by atoms with van der Waals surface area (Å²) in [5.74, 6) is -1.08. The molecule has 0 aliphatic rings. The number of nitrogens with one attached hydrogen (secondary N) is 1. The SMILES string of the molecule is Cc1cc(C(=O)O)n(-c2cccc(NC(=O)OCc3ccccc3)c2)n1. The van der Waals surface area contributed by atoms with Gasteiger partial charge < -0.3 is 9.84 Å². The molecule has 0 unspecified atom stereocenters. The van der Waals surface area contributed by atoms with Crippen molar-refractivity contribution < 1.29 is 19.4 Å². The standard InChI is InChI=1S/C19H17N3O4/c1-13-10-17(18(23)24)22(21-13)16-9-5-8-15(11-16)20-19(25)26-12-14-6-3-2-4-7-14/h2-11H,12H2,1H3,(H,20,25)(H,23,24). The van der Waals surface area contributed by atoms with E-state index < -0.39 is 12.1 Å².